The quantitative estimate of drug-likeness (QED) is 0.644. The SMILES string of the molecule is CC(C)=CC(=O)CCC(CC(=O)O)C(=O)O. The molecule has 0 spiro atoms. The fraction of sp³-hybridized carbons (Fsp3) is 0.545. The smallest absolute Gasteiger partial charge is 0.307 e. The van der Waals surface area contributed by atoms with Crippen LogP contribution in [0.2, 0.25) is 0 Å². The van der Waals surface area contributed by atoms with Crippen molar-refractivity contribution in [1.29, 1.82) is 0 Å². The summed E-state index contributed by atoms with van der Waals surface area (Å²) in [6, 6.07) is 0. The molecule has 0 bridgehead atoms. The van der Waals surface area contributed by atoms with Crippen molar-refractivity contribution in [3.05, 3.63) is 11.6 Å². The second-order valence-electron chi connectivity index (χ2n) is 3.86. The Morgan fingerprint density at radius 1 is 1.19 bits per heavy atom. The van der Waals surface area contributed by atoms with E-state index in [1.54, 1.807) is 13.8 Å². The van der Waals surface area contributed by atoms with Gasteiger partial charge in [0.15, 0.2) is 5.78 Å². The molecule has 5 heteroatoms. The lowest BCUT2D eigenvalue weighted by Gasteiger charge is -2.07. The Balaban J connectivity index is 4.22. The maximum atomic E-state index is 11.2. The average Bonchev–Trinajstić information content (AvgIpc) is 2.09. The van der Waals surface area contributed by atoms with Crippen molar-refractivity contribution < 1.29 is 24.6 Å². The van der Waals surface area contributed by atoms with Crippen molar-refractivity contribution in [2.75, 3.05) is 0 Å². The fourth-order valence-corrected chi connectivity index (χ4v) is 1.23. The van der Waals surface area contributed by atoms with Crippen LogP contribution in [0, 0.1) is 5.92 Å². The molecule has 0 radical (unpaired) electrons. The molecule has 2 N–H and O–H groups in total. The van der Waals surface area contributed by atoms with Crippen molar-refractivity contribution in [2.45, 2.75) is 33.1 Å². The first-order valence-corrected chi connectivity index (χ1v) is 4.95. The Labute approximate surface area is 93.8 Å². The summed E-state index contributed by atoms with van der Waals surface area (Å²) < 4.78 is 0. The molecule has 0 aromatic rings. The summed E-state index contributed by atoms with van der Waals surface area (Å²) in [5.41, 5.74) is 0.843. The van der Waals surface area contributed by atoms with Crippen LogP contribution in [0.3, 0.4) is 0 Å². The van der Waals surface area contributed by atoms with E-state index in [2.05, 4.69) is 0 Å². The molecule has 0 saturated carbocycles. The Morgan fingerprint density at radius 3 is 2.12 bits per heavy atom. The number of allylic oxidation sites excluding steroid dienone is 2. The third-order valence-corrected chi connectivity index (χ3v) is 1.96. The molecule has 16 heavy (non-hydrogen) atoms. The van der Waals surface area contributed by atoms with Gasteiger partial charge in [0.25, 0.3) is 0 Å². The molecule has 0 saturated heterocycles. The highest BCUT2D eigenvalue weighted by Gasteiger charge is 2.21. The van der Waals surface area contributed by atoms with Crippen molar-refractivity contribution in [3.8, 4) is 0 Å². The van der Waals surface area contributed by atoms with Gasteiger partial charge in [0.2, 0.25) is 0 Å². The lowest BCUT2D eigenvalue weighted by atomic mass is 9.98. The standard InChI is InChI=1S/C11H16O5/c1-7(2)5-9(12)4-3-8(11(15)16)6-10(13)14/h5,8H,3-4,6H2,1-2H3,(H,13,14)(H,15,16). The highest BCUT2D eigenvalue weighted by atomic mass is 16.4. The van der Waals surface area contributed by atoms with Crippen LogP contribution in [0.25, 0.3) is 0 Å². The summed E-state index contributed by atoms with van der Waals surface area (Å²) in [5.74, 6) is -3.50. The monoisotopic (exact) mass is 228 g/mol. The van der Waals surface area contributed by atoms with E-state index in [4.69, 9.17) is 10.2 Å². The third-order valence-electron chi connectivity index (χ3n) is 1.96. The maximum Gasteiger partial charge on any atom is 0.307 e. The van der Waals surface area contributed by atoms with E-state index in [-0.39, 0.29) is 18.6 Å². The van der Waals surface area contributed by atoms with E-state index in [9.17, 15) is 14.4 Å². The molecule has 0 aliphatic carbocycles. The van der Waals surface area contributed by atoms with Gasteiger partial charge in [-0.25, -0.2) is 0 Å². The highest BCUT2D eigenvalue weighted by Crippen LogP contribution is 2.12. The van der Waals surface area contributed by atoms with Crippen molar-refractivity contribution in [2.24, 2.45) is 5.92 Å². The van der Waals surface area contributed by atoms with Crippen molar-refractivity contribution >= 4 is 17.7 Å². The number of hydrogen-bond acceptors (Lipinski definition) is 3. The van der Waals surface area contributed by atoms with E-state index < -0.39 is 24.3 Å². The summed E-state index contributed by atoms with van der Waals surface area (Å²) in [7, 11) is 0. The lowest BCUT2D eigenvalue weighted by Crippen LogP contribution is -2.18. The van der Waals surface area contributed by atoms with Gasteiger partial charge in [-0.3, -0.25) is 14.4 Å². The molecule has 0 aromatic heterocycles. The highest BCUT2D eigenvalue weighted by molar-refractivity contribution is 5.90. The number of aliphatic carboxylic acids is 2. The number of carbonyl (C=O) groups excluding carboxylic acids is 1. The molecule has 0 amide bonds. The number of carbonyl (C=O) groups is 3. The van der Waals surface area contributed by atoms with E-state index in [1.807, 2.05) is 0 Å². The minimum atomic E-state index is -1.17. The summed E-state index contributed by atoms with van der Waals surface area (Å²) >= 11 is 0. The van der Waals surface area contributed by atoms with Gasteiger partial charge in [-0.15, -0.1) is 0 Å². The molecule has 0 aromatic carbocycles. The largest absolute Gasteiger partial charge is 0.481 e. The molecular formula is C11H16O5. The minimum absolute atomic E-state index is 0.0598. The van der Waals surface area contributed by atoms with Crippen LogP contribution in [0.4, 0.5) is 0 Å². The first-order valence-electron chi connectivity index (χ1n) is 4.95. The summed E-state index contributed by atoms with van der Waals surface area (Å²) in [4.78, 5) is 32.3. The first-order chi connectivity index (χ1) is 7.32. The molecule has 0 aliphatic rings. The Kier molecular flexibility index (Phi) is 6.07. The number of carboxylic acid groups (broad SMARTS) is 2. The van der Waals surface area contributed by atoms with Crippen LogP contribution in [0.15, 0.2) is 11.6 Å². The van der Waals surface area contributed by atoms with Gasteiger partial charge in [0.05, 0.1) is 12.3 Å². The van der Waals surface area contributed by atoms with E-state index in [0.29, 0.717) is 0 Å². The molecule has 0 heterocycles. The van der Waals surface area contributed by atoms with Gasteiger partial charge in [-0.1, -0.05) is 5.57 Å². The van der Waals surface area contributed by atoms with Gasteiger partial charge >= 0.3 is 11.9 Å². The first kappa shape index (κ1) is 14.3. The zero-order valence-corrected chi connectivity index (χ0v) is 9.40. The maximum absolute atomic E-state index is 11.2. The Bertz CT molecular complexity index is 312. The predicted octanol–water partition coefficient (Wildman–Crippen LogP) is 1.48. The summed E-state index contributed by atoms with van der Waals surface area (Å²) in [6.45, 7) is 3.54. The van der Waals surface area contributed by atoms with Gasteiger partial charge < -0.3 is 10.2 Å². The van der Waals surface area contributed by atoms with E-state index in [0.717, 1.165) is 5.57 Å². The topological polar surface area (TPSA) is 91.7 Å². The molecule has 0 aliphatic heterocycles. The molecule has 1 unspecified atom stereocenters. The van der Waals surface area contributed by atoms with Crippen LogP contribution in [-0.2, 0) is 14.4 Å². The van der Waals surface area contributed by atoms with E-state index >= 15 is 0 Å². The number of carboxylic acids is 2. The van der Waals surface area contributed by atoms with Crippen LogP contribution < -0.4 is 0 Å². The van der Waals surface area contributed by atoms with Crippen molar-refractivity contribution in [1.82, 2.24) is 0 Å². The molecular weight excluding hydrogens is 212 g/mol. The molecule has 90 valence electrons. The second kappa shape index (κ2) is 6.76. The van der Waals surface area contributed by atoms with Crippen LogP contribution >= 0.6 is 0 Å². The Morgan fingerprint density at radius 2 is 1.75 bits per heavy atom. The third kappa shape index (κ3) is 6.75. The van der Waals surface area contributed by atoms with Crippen LogP contribution in [-0.4, -0.2) is 27.9 Å². The van der Waals surface area contributed by atoms with Gasteiger partial charge in [0, 0.05) is 6.42 Å². The normalized spacial score (nSPS) is 11.6. The van der Waals surface area contributed by atoms with Crippen molar-refractivity contribution in [3.63, 3.8) is 0 Å². The number of ketones is 1. The number of hydrogen-bond donors (Lipinski definition) is 2. The second-order valence-corrected chi connectivity index (χ2v) is 3.86. The van der Waals surface area contributed by atoms with Gasteiger partial charge in [-0.2, -0.15) is 0 Å². The van der Waals surface area contributed by atoms with E-state index in [1.165, 1.54) is 6.08 Å². The molecule has 1 atom stereocenters. The molecule has 0 rings (SSSR count). The average molecular weight is 228 g/mol. The molecule has 5 nitrogen and oxygen atoms in total. The van der Waals surface area contributed by atoms with Crippen LogP contribution in [0.5, 0.6) is 0 Å². The predicted molar refractivity (Wildman–Crippen MR) is 57.1 cm³/mol. The number of rotatable bonds is 7. The van der Waals surface area contributed by atoms with Gasteiger partial charge in [0.1, 0.15) is 0 Å². The van der Waals surface area contributed by atoms with Crippen LogP contribution in [0.1, 0.15) is 33.1 Å². The van der Waals surface area contributed by atoms with Gasteiger partial charge in [-0.05, 0) is 26.3 Å². The molecule has 0 fully saturated rings. The summed E-state index contributed by atoms with van der Waals surface area (Å²) in [6.07, 6.45) is 1.11. The fourth-order valence-electron chi connectivity index (χ4n) is 1.23. The summed E-state index contributed by atoms with van der Waals surface area (Å²) in [5, 5.41) is 17.2. The zero-order chi connectivity index (χ0) is 12.7. The zero-order valence-electron chi connectivity index (χ0n) is 9.40. The Hall–Kier alpha value is -1.65. The minimum Gasteiger partial charge on any atom is -0.481 e. The lowest BCUT2D eigenvalue weighted by molar-refractivity contribution is -0.148.